The highest BCUT2D eigenvalue weighted by molar-refractivity contribution is 5.90. The van der Waals surface area contributed by atoms with Crippen molar-refractivity contribution in [3.05, 3.63) is 35.9 Å². The number of hydrogen-bond donors (Lipinski definition) is 2. The van der Waals surface area contributed by atoms with Crippen molar-refractivity contribution in [1.82, 2.24) is 5.32 Å². The van der Waals surface area contributed by atoms with Crippen LogP contribution in [-0.2, 0) is 11.2 Å². The van der Waals surface area contributed by atoms with E-state index in [0.717, 1.165) is 34.2 Å². The van der Waals surface area contributed by atoms with Crippen LogP contribution >= 0.6 is 12.4 Å². The minimum Gasteiger partial charge on any atom is -0.497 e. The molecule has 0 spiro atoms. The summed E-state index contributed by atoms with van der Waals surface area (Å²) in [6.07, 6.45) is 0.744. The zero-order chi connectivity index (χ0) is 13.8. The maximum atomic E-state index is 10.9. The van der Waals surface area contributed by atoms with Crippen LogP contribution in [0, 0.1) is 0 Å². The minimum absolute atomic E-state index is 0. The zero-order valence-electron chi connectivity index (χ0n) is 11.6. The fourth-order valence-electron chi connectivity index (χ4n) is 2.15. The van der Waals surface area contributed by atoms with Crippen LogP contribution in [-0.4, -0.2) is 19.6 Å². The number of halogens is 1. The molecule has 0 aliphatic rings. The van der Waals surface area contributed by atoms with Gasteiger partial charge in [-0.05, 0) is 47.0 Å². The van der Waals surface area contributed by atoms with E-state index in [2.05, 4.69) is 5.32 Å². The van der Waals surface area contributed by atoms with Crippen LogP contribution in [0.2, 0.25) is 0 Å². The first-order valence-corrected chi connectivity index (χ1v) is 6.21. The van der Waals surface area contributed by atoms with E-state index >= 15 is 0 Å². The van der Waals surface area contributed by atoms with Gasteiger partial charge >= 0.3 is 0 Å². The van der Waals surface area contributed by atoms with Gasteiger partial charge < -0.3 is 15.8 Å². The number of nitrogens with one attached hydrogen (secondary N) is 1. The summed E-state index contributed by atoms with van der Waals surface area (Å²) < 4.78 is 5.25. The summed E-state index contributed by atoms with van der Waals surface area (Å²) in [6.45, 7) is 2.12. The predicted molar refractivity (Wildman–Crippen MR) is 84.5 cm³/mol. The van der Waals surface area contributed by atoms with E-state index < -0.39 is 0 Å². The Balaban J connectivity index is 0.00000200. The Hall–Kier alpha value is -1.94. The lowest BCUT2D eigenvalue weighted by Gasteiger charge is -2.10. The van der Waals surface area contributed by atoms with Gasteiger partial charge in [0.25, 0.3) is 0 Å². The summed E-state index contributed by atoms with van der Waals surface area (Å²) in [7, 11) is 1.65. The molecule has 0 fully saturated rings. The van der Waals surface area contributed by atoms with Crippen LogP contribution in [0.3, 0.4) is 0 Å². The molecule has 5 heteroatoms. The van der Waals surface area contributed by atoms with Gasteiger partial charge in [0.1, 0.15) is 5.75 Å². The van der Waals surface area contributed by atoms with Crippen molar-refractivity contribution in [3.8, 4) is 5.75 Å². The monoisotopic (exact) mass is 294 g/mol. The molecule has 0 aromatic heterocycles. The number of amides is 1. The van der Waals surface area contributed by atoms with Gasteiger partial charge in [-0.3, -0.25) is 4.79 Å². The lowest BCUT2D eigenvalue weighted by atomic mass is 10.0. The fourth-order valence-corrected chi connectivity index (χ4v) is 2.15. The Kier molecular flexibility index (Phi) is 5.65. The molecule has 0 atom stereocenters. The van der Waals surface area contributed by atoms with Crippen molar-refractivity contribution in [2.45, 2.75) is 13.3 Å². The van der Waals surface area contributed by atoms with Crippen molar-refractivity contribution in [1.29, 1.82) is 0 Å². The molecule has 0 radical (unpaired) electrons. The molecule has 0 unspecified atom stereocenters. The van der Waals surface area contributed by atoms with Crippen molar-refractivity contribution in [2.24, 2.45) is 0 Å². The molecule has 4 nitrogen and oxygen atoms in total. The maximum Gasteiger partial charge on any atom is 0.216 e. The molecule has 0 aliphatic carbocycles. The number of carbonyl (C=O) groups is 1. The van der Waals surface area contributed by atoms with Gasteiger partial charge in [0.15, 0.2) is 0 Å². The molecule has 0 aliphatic heterocycles. The maximum absolute atomic E-state index is 10.9. The Bertz CT molecular complexity index is 614. The van der Waals surface area contributed by atoms with Crippen molar-refractivity contribution in [2.75, 3.05) is 19.4 Å². The predicted octanol–water partition coefficient (Wildman–Crippen LogP) is 2.53. The molecular weight excluding hydrogens is 276 g/mol. The molecule has 2 rings (SSSR count). The number of fused-ring (bicyclic) bond motifs is 1. The molecule has 2 aromatic carbocycles. The van der Waals surface area contributed by atoms with Crippen molar-refractivity contribution >= 4 is 34.8 Å². The molecule has 2 aromatic rings. The van der Waals surface area contributed by atoms with Crippen LogP contribution in [0.25, 0.3) is 10.8 Å². The highest BCUT2D eigenvalue weighted by Gasteiger charge is 2.05. The number of ether oxygens (including phenoxy) is 1. The molecule has 1 amide bonds. The standard InChI is InChI=1S/C15H18N2O2.ClH/c1-10(18)17-6-5-12-8-13(16)7-11-3-4-14(19-2)9-15(11)12;/h3-4,7-9H,5-6,16H2,1-2H3,(H,17,18);1H. The first kappa shape index (κ1) is 16.1. The first-order valence-electron chi connectivity index (χ1n) is 6.21. The number of nitrogen functional groups attached to an aromatic ring is 1. The number of carbonyl (C=O) groups excluding carboxylic acids is 1. The smallest absolute Gasteiger partial charge is 0.216 e. The fraction of sp³-hybridized carbons (Fsp3) is 0.267. The topological polar surface area (TPSA) is 64.3 Å². The van der Waals surface area contributed by atoms with Gasteiger partial charge in [-0.1, -0.05) is 6.07 Å². The molecule has 20 heavy (non-hydrogen) atoms. The molecule has 0 saturated carbocycles. The number of hydrogen-bond acceptors (Lipinski definition) is 3. The van der Waals surface area contributed by atoms with E-state index in [-0.39, 0.29) is 18.3 Å². The van der Waals surface area contributed by atoms with Crippen molar-refractivity contribution in [3.63, 3.8) is 0 Å². The third-order valence-electron chi connectivity index (χ3n) is 3.04. The Morgan fingerprint density at radius 2 is 2.05 bits per heavy atom. The van der Waals surface area contributed by atoms with Crippen LogP contribution in [0.4, 0.5) is 5.69 Å². The molecule has 3 N–H and O–H groups in total. The first-order chi connectivity index (χ1) is 9.10. The van der Waals surface area contributed by atoms with E-state index in [1.165, 1.54) is 6.92 Å². The van der Waals surface area contributed by atoms with E-state index in [0.29, 0.717) is 6.54 Å². The lowest BCUT2D eigenvalue weighted by molar-refractivity contribution is -0.118. The molecule has 108 valence electrons. The third-order valence-corrected chi connectivity index (χ3v) is 3.04. The van der Waals surface area contributed by atoms with Crippen molar-refractivity contribution < 1.29 is 9.53 Å². The summed E-state index contributed by atoms with van der Waals surface area (Å²) in [5.74, 6) is 0.795. The zero-order valence-corrected chi connectivity index (χ0v) is 12.4. The third kappa shape index (κ3) is 3.78. The second-order valence-electron chi connectivity index (χ2n) is 4.50. The summed E-state index contributed by atoms with van der Waals surface area (Å²) in [5, 5.41) is 4.99. The number of methoxy groups -OCH3 is 1. The van der Waals surface area contributed by atoms with Crippen LogP contribution < -0.4 is 15.8 Å². The lowest BCUT2D eigenvalue weighted by Crippen LogP contribution is -2.22. The molecule has 0 bridgehead atoms. The van der Waals surface area contributed by atoms with E-state index in [9.17, 15) is 4.79 Å². The summed E-state index contributed by atoms with van der Waals surface area (Å²) >= 11 is 0. The largest absolute Gasteiger partial charge is 0.497 e. The number of nitrogens with two attached hydrogens (primary N) is 1. The van der Waals surface area contributed by atoms with Gasteiger partial charge in [-0.25, -0.2) is 0 Å². The van der Waals surface area contributed by atoms with Crippen LogP contribution in [0.1, 0.15) is 12.5 Å². The van der Waals surface area contributed by atoms with Gasteiger partial charge in [-0.15, -0.1) is 12.4 Å². The van der Waals surface area contributed by atoms with E-state index in [1.807, 2.05) is 30.3 Å². The SMILES string of the molecule is COc1ccc2cc(N)cc(CCNC(C)=O)c2c1.Cl. The second-order valence-corrected chi connectivity index (χ2v) is 4.50. The second kappa shape index (κ2) is 7.01. The minimum atomic E-state index is -0.0224. The van der Waals surface area contributed by atoms with Gasteiger partial charge in [-0.2, -0.15) is 0 Å². The highest BCUT2D eigenvalue weighted by Crippen LogP contribution is 2.26. The van der Waals surface area contributed by atoms with E-state index in [1.54, 1.807) is 7.11 Å². The van der Waals surface area contributed by atoms with E-state index in [4.69, 9.17) is 10.5 Å². The Morgan fingerprint density at radius 3 is 2.70 bits per heavy atom. The Morgan fingerprint density at radius 1 is 1.30 bits per heavy atom. The molecule has 0 saturated heterocycles. The number of rotatable bonds is 4. The summed E-state index contributed by atoms with van der Waals surface area (Å²) in [4.78, 5) is 10.9. The number of benzene rings is 2. The van der Waals surface area contributed by atoms with Crippen LogP contribution in [0.5, 0.6) is 5.75 Å². The molecular formula is C15H19ClN2O2. The Labute approximate surface area is 124 Å². The van der Waals surface area contributed by atoms with Gasteiger partial charge in [0, 0.05) is 19.2 Å². The highest BCUT2D eigenvalue weighted by atomic mass is 35.5. The average molecular weight is 295 g/mol. The van der Waals surface area contributed by atoms with Crippen LogP contribution in [0.15, 0.2) is 30.3 Å². The normalized spacial score (nSPS) is 9.90. The quantitative estimate of drug-likeness (QED) is 0.852. The summed E-state index contributed by atoms with van der Waals surface area (Å²) in [5.41, 5.74) is 7.75. The van der Waals surface area contributed by atoms with Gasteiger partial charge in [0.05, 0.1) is 7.11 Å². The average Bonchev–Trinajstić information content (AvgIpc) is 2.37. The van der Waals surface area contributed by atoms with Gasteiger partial charge in [0.2, 0.25) is 5.91 Å². The number of anilines is 1. The summed E-state index contributed by atoms with van der Waals surface area (Å²) in [6, 6.07) is 9.80. The molecule has 0 heterocycles.